The zero-order valence-electron chi connectivity index (χ0n) is 16.9. The second-order valence-electron chi connectivity index (χ2n) is 7.43. The number of ether oxygens (including phenoxy) is 1. The van der Waals surface area contributed by atoms with Crippen LogP contribution in [-0.2, 0) is 9.59 Å². The summed E-state index contributed by atoms with van der Waals surface area (Å²) in [5, 5.41) is 7.52. The highest BCUT2D eigenvalue weighted by molar-refractivity contribution is 6.07. The topological polar surface area (TPSA) is 83.8 Å². The highest BCUT2D eigenvalue weighted by atomic mass is 16.5. The van der Waals surface area contributed by atoms with Crippen molar-refractivity contribution in [3.63, 3.8) is 0 Å². The van der Waals surface area contributed by atoms with Crippen molar-refractivity contribution in [3.05, 3.63) is 66.7 Å². The predicted molar refractivity (Wildman–Crippen MR) is 119 cm³/mol. The Morgan fingerprint density at radius 3 is 2.65 bits per heavy atom. The molecule has 1 atom stereocenters. The van der Waals surface area contributed by atoms with Gasteiger partial charge in [-0.25, -0.2) is 0 Å². The van der Waals surface area contributed by atoms with Gasteiger partial charge in [0, 0.05) is 23.5 Å². The SMILES string of the molecule is CNC(=O)[C@@H]1CN(CC(=O)Nc2ccc3oc4ccccc4c3c2)c2ccccc2O1. The summed E-state index contributed by atoms with van der Waals surface area (Å²) >= 11 is 0. The van der Waals surface area contributed by atoms with Crippen LogP contribution < -0.4 is 20.3 Å². The molecule has 0 bridgehead atoms. The maximum atomic E-state index is 12.9. The quantitative estimate of drug-likeness (QED) is 0.533. The first kappa shape index (κ1) is 19.0. The summed E-state index contributed by atoms with van der Waals surface area (Å²) in [6.07, 6.45) is -0.679. The summed E-state index contributed by atoms with van der Waals surface area (Å²) in [6.45, 7) is 0.382. The number of carbonyl (C=O) groups excluding carboxylic acids is 2. The van der Waals surface area contributed by atoms with Crippen LogP contribution in [0.5, 0.6) is 5.75 Å². The summed E-state index contributed by atoms with van der Waals surface area (Å²) < 4.78 is 11.6. The zero-order chi connectivity index (χ0) is 21.4. The van der Waals surface area contributed by atoms with Crippen LogP contribution in [0.4, 0.5) is 11.4 Å². The number of benzene rings is 3. The monoisotopic (exact) mass is 415 g/mol. The fourth-order valence-corrected chi connectivity index (χ4v) is 3.93. The van der Waals surface area contributed by atoms with Crippen LogP contribution >= 0.6 is 0 Å². The average Bonchev–Trinajstić information content (AvgIpc) is 3.16. The van der Waals surface area contributed by atoms with Crippen molar-refractivity contribution in [3.8, 4) is 5.75 Å². The third kappa shape index (κ3) is 3.54. The highest BCUT2D eigenvalue weighted by Crippen LogP contribution is 2.33. The first-order valence-electron chi connectivity index (χ1n) is 10.1. The summed E-state index contributed by atoms with van der Waals surface area (Å²) in [7, 11) is 1.57. The molecular formula is C24H21N3O4. The van der Waals surface area contributed by atoms with Crippen molar-refractivity contribution in [2.75, 3.05) is 30.4 Å². The lowest BCUT2D eigenvalue weighted by molar-refractivity contribution is -0.127. The zero-order valence-corrected chi connectivity index (χ0v) is 16.9. The molecule has 1 aliphatic rings. The van der Waals surface area contributed by atoms with E-state index in [2.05, 4.69) is 10.6 Å². The average molecular weight is 415 g/mol. The van der Waals surface area contributed by atoms with E-state index >= 15 is 0 Å². The van der Waals surface area contributed by atoms with Gasteiger partial charge in [-0.3, -0.25) is 9.59 Å². The van der Waals surface area contributed by atoms with Gasteiger partial charge in [0.1, 0.15) is 16.9 Å². The van der Waals surface area contributed by atoms with E-state index in [4.69, 9.17) is 9.15 Å². The van der Waals surface area contributed by atoms with Crippen molar-refractivity contribution in [1.82, 2.24) is 5.32 Å². The molecule has 2 N–H and O–H groups in total. The van der Waals surface area contributed by atoms with Crippen molar-refractivity contribution in [2.24, 2.45) is 0 Å². The van der Waals surface area contributed by atoms with Gasteiger partial charge in [-0.2, -0.15) is 0 Å². The van der Waals surface area contributed by atoms with Gasteiger partial charge in [-0.1, -0.05) is 30.3 Å². The Hall–Kier alpha value is -4.00. The molecule has 0 fully saturated rings. The second kappa shape index (κ2) is 7.68. The van der Waals surface area contributed by atoms with E-state index in [0.29, 0.717) is 11.4 Å². The van der Waals surface area contributed by atoms with Gasteiger partial charge in [0.2, 0.25) is 5.91 Å². The van der Waals surface area contributed by atoms with Crippen LogP contribution in [0.25, 0.3) is 21.9 Å². The summed E-state index contributed by atoms with van der Waals surface area (Å²) in [6, 6.07) is 20.8. The minimum atomic E-state index is -0.679. The van der Waals surface area contributed by atoms with E-state index in [-0.39, 0.29) is 24.9 Å². The minimum Gasteiger partial charge on any atom is -0.477 e. The van der Waals surface area contributed by atoms with E-state index in [0.717, 1.165) is 27.6 Å². The smallest absolute Gasteiger partial charge is 0.262 e. The molecular weight excluding hydrogens is 394 g/mol. The highest BCUT2D eigenvalue weighted by Gasteiger charge is 2.31. The normalized spacial score (nSPS) is 15.4. The number of fused-ring (bicyclic) bond motifs is 4. The number of likely N-dealkylation sites (N-methyl/N-ethyl adjacent to an activating group) is 1. The molecule has 0 unspecified atom stereocenters. The predicted octanol–water partition coefficient (Wildman–Crippen LogP) is 3.54. The Morgan fingerprint density at radius 2 is 1.77 bits per heavy atom. The molecule has 156 valence electrons. The van der Waals surface area contributed by atoms with Gasteiger partial charge >= 0.3 is 0 Å². The van der Waals surface area contributed by atoms with Crippen molar-refractivity contribution >= 4 is 45.1 Å². The Balaban J connectivity index is 1.37. The molecule has 7 nitrogen and oxygen atoms in total. The lowest BCUT2D eigenvalue weighted by Gasteiger charge is -2.34. The van der Waals surface area contributed by atoms with E-state index < -0.39 is 6.10 Å². The molecule has 1 aromatic heterocycles. The van der Waals surface area contributed by atoms with Gasteiger partial charge in [-0.15, -0.1) is 0 Å². The number of amides is 2. The standard InChI is InChI=1S/C24H21N3O4/c1-25-24(29)22-13-27(18-7-3-5-9-21(18)31-22)14-23(28)26-15-10-11-20-17(12-15)16-6-2-4-8-19(16)30-20/h2-12,22H,13-14H2,1H3,(H,25,29)(H,26,28)/t22-/m0/s1. The lowest BCUT2D eigenvalue weighted by atomic mass is 10.1. The lowest BCUT2D eigenvalue weighted by Crippen LogP contribution is -2.50. The number of nitrogens with one attached hydrogen (secondary N) is 2. The maximum Gasteiger partial charge on any atom is 0.262 e. The van der Waals surface area contributed by atoms with Crippen molar-refractivity contribution < 1.29 is 18.7 Å². The minimum absolute atomic E-state index is 0.0953. The van der Waals surface area contributed by atoms with Crippen LogP contribution in [0, 0.1) is 0 Å². The number of para-hydroxylation sites is 3. The third-order valence-corrected chi connectivity index (χ3v) is 5.40. The molecule has 31 heavy (non-hydrogen) atoms. The van der Waals surface area contributed by atoms with Crippen LogP contribution in [0.15, 0.2) is 71.1 Å². The Labute approximate surface area is 178 Å². The van der Waals surface area contributed by atoms with Crippen molar-refractivity contribution in [1.29, 1.82) is 0 Å². The number of anilines is 2. The molecule has 4 aromatic rings. The molecule has 0 spiro atoms. The number of hydrogen-bond donors (Lipinski definition) is 2. The Bertz CT molecular complexity index is 1300. The molecule has 7 heteroatoms. The van der Waals surface area contributed by atoms with Crippen molar-refractivity contribution in [2.45, 2.75) is 6.10 Å². The van der Waals surface area contributed by atoms with Gasteiger partial charge in [0.25, 0.3) is 5.91 Å². The summed E-state index contributed by atoms with van der Waals surface area (Å²) in [4.78, 5) is 26.9. The van der Waals surface area contributed by atoms with Gasteiger partial charge in [-0.05, 0) is 36.4 Å². The van der Waals surface area contributed by atoms with E-state index in [1.165, 1.54) is 0 Å². The molecule has 1 aliphatic heterocycles. The third-order valence-electron chi connectivity index (χ3n) is 5.40. The number of carbonyl (C=O) groups is 2. The van der Waals surface area contributed by atoms with Crippen LogP contribution in [-0.4, -0.2) is 38.1 Å². The largest absolute Gasteiger partial charge is 0.477 e. The number of furan rings is 1. The fourth-order valence-electron chi connectivity index (χ4n) is 3.93. The molecule has 2 amide bonds. The van der Waals surface area contributed by atoms with E-state index in [1.807, 2.05) is 65.6 Å². The Kier molecular flexibility index (Phi) is 4.71. The molecule has 0 radical (unpaired) electrons. The second-order valence-corrected chi connectivity index (χ2v) is 7.43. The number of rotatable bonds is 4. The summed E-state index contributed by atoms with van der Waals surface area (Å²) in [5.41, 5.74) is 3.06. The van der Waals surface area contributed by atoms with E-state index in [1.54, 1.807) is 13.1 Å². The maximum absolute atomic E-state index is 12.9. The van der Waals surface area contributed by atoms with Gasteiger partial charge in [0.05, 0.1) is 18.8 Å². The van der Waals surface area contributed by atoms with Crippen LogP contribution in [0.1, 0.15) is 0 Å². The molecule has 3 aromatic carbocycles. The van der Waals surface area contributed by atoms with Gasteiger partial charge in [0.15, 0.2) is 6.10 Å². The van der Waals surface area contributed by atoms with E-state index in [9.17, 15) is 9.59 Å². The molecule has 2 heterocycles. The molecule has 0 saturated carbocycles. The van der Waals surface area contributed by atoms with Crippen LogP contribution in [0.3, 0.4) is 0 Å². The Morgan fingerprint density at radius 1 is 1.00 bits per heavy atom. The van der Waals surface area contributed by atoms with Gasteiger partial charge < -0.3 is 24.7 Å². The molecule has 0 aliphatic carbocycles. The summed E-state index contributed by atoms with van der Waals surface area (Å²) in [5.74, 6) is 0.179. The first-order valence-corrected chi connectivity index (χ1v) is 10.1. The first-order chi connectivity index (χ1) is 15.1. The molecule has 0 saturated heterocycles. The number of hydrogen-bond acceptors (Lipinski definition) is 5. The molecule has 5 rings (SSSR count). The fraction of sp³-hybridized carbons (Fsp3) is 0.167. The van der Waals surface area contributed by atoms with Crippen LogP contribution in [0.2, 0.25) is 0 Å². The number of nitrogens with zero attached hydrogens (tertiary/aromatic N) is 1.